The molecule has 0 radical (unpaired) electrons. The molecular weight excluding hydrogens is 1070 g/mol. The van der Waals surface area contributed by atoms with E-state index >= 15 is 0 Å². The zero-order valence-electron chi connectivity index (χ0n) is 42.6. The van der Waals surface area contributed by atoms with Crippen LogP contribution >= 0.6 is 0 Å². The van der Waals surface area contributed by atoms with E-state index in [9.17, 15) is 39.5 Å². The van der Waals surface area contributed by atoms with Crippen molar-refractivity contribution in [3.63, 3.8) is 0 Å². The maximum absolute atomic E-state index is 13.7. The molecule has 8 aromatic carbocycles. The van der Waals surface area contributed by atoms with E-state index in [0.29, 0.717) is 39.8 Å². The summed E-state index contributed by atoms with van der Waals surface area (Å²) in [5, 5.41) is 24.8. The van der Waals surface area contributed by atoms with Crippen LogP contribution in [0.25, 0.3) is 79.9 Å². The Bertz CT molecular complexity index is 3880. The van der Waals surface area contributed by atoms with Gasteiger partial charge < -0.3 is 13.3 Å². The highest BCUT2D eigenvalue weighted by atomic mass is 19.4. The van der Waals surface area contributed by atoms with Crippen molar-refractivity contribution in [1.29, 1.82) is 0 Å². The third-order valence-corrected chi connectivity index (χ3v) is 14.2. The Balaban J connectivity index is 0.973. The Morgan fingerprint density at radius 2 is 0.573 bits per heavy atom. The minimum atomic E-state index is -4.60. The molecule has 1 aliphatic carbocycles. The standard InChI is InChI=1S/C64H39F9N6O3/c1-37-6-2-7-42(32-37)44-15-14-43(33-44)38-16-24-48(25-17-38)61(49-26-18-39(19-27-49)55-74-77-58(80-55)45-8-3-11-52(34-45)62(65,66)67,50-28-20-40(21-29-50)56-75-78-59(81-56)46-9-4-12-53(35-46)63(68,69)70)51-30-22-41(23-31-51)57-76-79-60(82-57)47-10-5-13-54(36-47)64(71,72)73/h2-32,34-36H,33H2,1H3. The van der Waals surface area contributed by atoms with Gasteiger partial charge in [0.25, 0.3) is 0 Å². The lowest BCUT2D eigenvalue weighted by Crippen LogP contribution is -2.31. The van der Waals surface area contributed by atoms with Crippen LogP contribution in [0.3, 0.4) is 0 Å². The number of allylic oxidation sites excluding steroid dienone is 4. The summed E-state index contributed by atoms with van der Waals surface area (Å²) >= 11 is 0. The van der Waals surface area contributed by atoms with Crippen LogP contribution in [0.5, 0.6) is 0 Å². The summed E-state index contributed by atoms with van der Waals surface area (Å²) in [6, 6.07) is 52.0. The number of halogens is 9. The Kier molecular flexibility index (Phi) is 13.2. The van der Waals surface area contributed by atoms with Crippen LogP contribution in [-0.2, 0) is 23.9 Å². The first kappa shape index (κ1) is 52.7. The van der Waals surface area contributed by atoms with Gasteiger partial charge in [-0.15, -0.1) is 30.6 Å². The molecule has 0 fully saturated rings. The van der Waals surface area contributed by atoms with Crippen molar-refractivity contribution in [2.24, 2.45) is 0 Å². The monoisotopic (exact) mass is 1110 g/mol. The van der Waals surface area contributed by atoms with Crippen molar-refractivity contribution in [2.75, 3.05) is 0 Å². The normalized spacial score (nSPS) is 13.1. The Morgan fingerprint density at radius 3 is 0.890 bits per heavy atom. The van der Waals surface area contributed by atoms with E-state index in [4.69, 9.17) is 13.3 Å². The van der Waals surface area contributed by atoms with Crippen molar-refractivity contribution < 1.29 is 52.8 Å². The first-order chi connectivity index (χ1) is 39.4. The van der Waals surface area contributed by atoms with Crippen LogP contribution in [0, 0.1) is 6.92 Å². The number of hydrogen-bond acceptors (Lipinski definition) is 9. The van der Waals surface area contributed by atoms with Gasteiger partial charge in [-0.2, -0.15) is 39.5 Å². The maximum atomic E-state index is 13.7. The van der Waals surface area contributed by atoms with Gasteiger partial charge in [-0.05, 0) is 149 Å². The van der Waals surface area contributed by atoms with Gasteiger partial charge in [0, 0.05) is 33.4 Å². The molecule has 0 aliphatic heterocycles. The fourth-order valence-electron chi connectivity index (χ4n) is 10.1. The zero-order chi connectivity index (χ0) is 57.0. The van der Waals surface area contributed by atoms with Crippen LogP contribution in [0.15, 0.2) is 220 Å². The van der Waals surface area contributed by atoms with Gasteiger partial charge in [-0.1, -0.05) is 121 Å². The first-order valence-corrected chi connectivity index (χ1v) is 25.3. The van der Waals surface area contributed by atoms with E-state index in [1.165, 1.54) is 42.0 Å². The highest BCUT2D eigenvalue weighted by Gasteiger charge is 2.40. The quantitative estimate of drug-likeness (QED) is 0.0871. The SMILES string of the molecule is Cc1cccc(C2=CC=C(c3ccc(C(c4ccc(-c5nnc(-c6cccc(C(F)(F)F)c6)o5)cc4)(c4ccc(-c5nnc(-c6cccc(C(F)(F)F)c6)o5)cc4)c4ccc(-c5nnc(-c6cccc(C(F)(F)F)c6)o5)cc4)cc3)C2)c1. The summed E-state index contributed by atoms with van der Waals surface area (Å²) in [5.41, 5.74) is 6.19. The molecule has 0 amide bonds. The molecule has 0 bridgehead atoms. The van der Waals surface area contributed by atoms with Gasteiger partial charge in [0.1, 0.15) is 0 Å². The van der Waals surface area contributed by atoms with Crippen molar-refractivity contribution in [3.8, 4) is 68.7 Å². The second-order valence-electron chi connectivity index (χ2n) is 19.5. The molecule has 406 valence electrons. The molecule has 0 N–H and O–H groups in total. The highest BCUT2D eigenvalue weighted by Crippen LogP contribution is 2.48. The van der Waals surface area contributed by atoms with E-state index in [0.717, 1.165) is 64.2 Å². The molecule has 18 heteroatoms. The van der Waals surface area contributed by atoms with E-state index in [-0.39, 0.29) is 52.0 Å². The number of aryl methyl sites for hydroxylation is 1. The van der Waals surface area contributed by atoms with Crippen molar-refractivity contribution in [2.45, 2.75) is 37.3 Å². The van der Waals surface area contributed by atoms with Crippen LogP contribution in [0.1, 0.15) is 62.1 Å². The average Bonchev–Trinajstić information content (AvgIpc) is 3.69. The van der Waals surface area contributed by atoms with Gasteiger partial charge >= 0.3 is 18.5 Å². The van der Waals surface area contributed by atoms with Gasteiger partial charge in [0.2, 0.25) is 35.3 Å². The van der Waals surface area contributed by atoms with Crippen molar-refractivity contribution in [3.05, 3.63) is 262 Å². The summed E-state index contributed by atoms with van der Waals surface area (Å²) in [4.78, 5) is 0. The lowest BCUT2D eigenvalue weighted by Gasteiger charge is -2.37. The topological polar surface area (TPSA) is 117 Å². The van der Waals surface area contributed by atoms with Gasteiger partial charge in [0.15, 0.2) is 0 Å². The summed E-state index contributed by atoms with van der Waals surface area (Å²) < 4.78 is 141. The number of aromatic nitrogens is 6. The average molecular weight is 1110 g/mol. The smallest absolute Gasteiger partial charge is 0.416 e. The van der Waals surface area contributed by atoms with Crippen LogP contribution in [0.4, 0.5) is 39.5 Å². The third kappa shape index (κ3) is 10.3. The minimum absolute atomic E-state index is 0.0409. The second kappa shape index (κ2) is 20.6. The molecule has 11 aromatic rings. The number of rotatable bonds is 12. The molecule has 0 unspecified atom stereocenters. The number of alkyl halides is 9. The summed E-state index contributed by atoms with van der Waals surface area (Å²) in [6.45, 7) is 2.05. The molecule has 0 saturated heterocycles. The predicted molar refractivity (Wildman–Crippen MR) is 288 cm³/mol. The highest BCUT2D eigenvalue weighted by molar-refractivity contribution is 5.87. The lowest BCUT2D eigenvalue weighted by molar-refractivity contribution is -0.138. The van der Waals surface area contributed by atoms with Crippen LogP contribution < -0.4 is 0 Å². The second-order valence-corrected chi connectivity index (χ2v) is 19.5. The van der Waals surface area contributed by atoms with Crippen molar-refractivity contribution >= 4 is 11.1 Å². The molecule has 0 atom stereocenters. The number of benzene rings is 8. The largest absolute Gasteiger partial charge is 0.416 e. The van der Waals surface area contributed by atoms with E-state index in [1.54, 1.807) is 36.4 Å². The molecule has 3 heterocycles. The molecule has 0 saturated carbocycles. The molecule has 0 spiro atoms. The van der Waals surface area contributed by atoms with E-state index in [1.807, 2.05) is 54.6 Å². The zero-order valence-corrected chi connectivity index (χ0v) is 42.6. The van der Waals surface area contributed by atoms with Crippen molar-refractivity contribution in [1.82, 2.24) is 30.6 Å². The summed E-state index contributed by atoms with van der Waals surface area (Å²) in [6.07, 6.45) is -8.88. The van der Waals surface area contributed by atoms with Gasteiger partial charge in [-0.25, -0.2) is 0 Å². The Hall–Kier alpha value is -9.97. The van der Waals surface area contributed by atoms with Crippen LogP contribution in [-0.4, -0.2) is 30.6 Å². The number of nitrogens with zero attached hydrogens (tertiary/aromatic N) is 6. The Labute approximate surface area is 460 Å². The number of hydrogen-bond donors (Lipinski definition) is 0. The Morgan fingerprint density at radius 1 is 0.293 bits per heavy atom. The fourth-order valence-corrected chi connectivity index (χ4v) is 10.1. The molecule has 3 aromatic heterocycles. The van der Waals surface area contributed by atoms with Gasteiger partial charge in [-0.3, -0.25) is 0 Å². The summed E-state index contributed by atoms with van der Waals surface area (Å²) in [7, 11) is 0. The third-order valence-electron chi connectivity index (χ3n) is 14.2. The maximum Gasteiger partial charge on any atom is 0.416 e. The minimum Gasteiger partial charge on any atom is -0.416 e. The fraction of sp³-hybridized carbons (Fsp3) is 0.0938. The molecule has 82 heavy (non-hydrogen) atoms. The van der Waals surface area contributed by atoms with E-state index in [2.05, 4.69) is 80.0 Å². The van der Waals surface area contributed by atoms with E-state index < -0.39 is 40.6 Å². The molecular formula is C64H39F9N6O3. The predicted octanol–water partition coefficient (Wildman–Crippen LogP) is 17.5. The molecule has 9 nitrogen and oxygen atoms in total. The lowest BCUT2D eigenvalue weighted by atomic mass is 9.64. The molecule has 12 rings (SSSR count). The van der Waals surface area contributed by atoms with Crippen LogP contribution in [0.2, 0.25) is 0 Å². The first-order valence-electron chi connectivity index (χ1n) is 25.3. The summed E-state index contributed by atoms with van der Waals surface area (Å²) in [5.74, 6) is -0.239. The van der Waals surface area contributed by atoms with Gasteiger partial charge in [0.05, 0.1) is 22.1 Å². The molecule has 1 aliphatic rings.